The molecule has 0 bridgehead atoms. The van der Waals surface area contributed by atoms with Crippen LogP contribution in [0.25, 0.3) is 0 Å². The number of rotatable bonds is 2. The third-order valence-corrected chi connectivity index (χ3v) is 2.81. The minimum atomic E-state index is -4.59. The van der Waals surface area contributed by atoms with Gasteiger partial charge in [0, 0.05) is 5.02 Å². The molecule has 0 spiro atoms. The summed E-state index contributed by atoms with van der Waals surface area (Å²) < 4.78 is 51.8. The van der Waals surface area contributed by atoms with Gasteiger partial charge in [-0.05, 0) is 36.4 Å². The number of hydrogen-bond acceptors (Lipinski definition) is 2. The van der Waals surface area contributed by atoms with Crippen LogP contribution in [0.1, 0.15) is 5.56 Å². The Morgan fingerprint density at radius 3 is 2.35 bits per heavy atom. The summed E-state index contributed by atoms with van der Waals surface area (Å²) in [6.45, 7) is 0. The topological polar surface area (TPSA) is 38.0 Å². The first-order valence-electron chi connectivity index (χ1n) is 5.46. The lowest BCUT2D eigenvalue weighted by Gasteiger charge is -2.16. The zero-order valence-corrected chi connectivity index (χ0v) is 10.7. The van der Waals surface area contributed by atoms with E-state index in [9.17, 15) is 17.6 Å². The van der Waals surface area contributed by atoms with Crippen molar-refractivity contribution in [2.75, 3.05) is 11.1 Å². The Bertz CT molecular complexity index is 641. The largest absolute Gasteiger partial charge is 0.418 e. The molecule has 0 aliphatic heterocycles. The number of nitrogen functional groups attached to an aromatic ring is 1. The highest BCUT2D eigenvalue weighted by atomic mass is 35.5. The molecule has 0 fully saturated rings. The molecule has 2 rings (SSSR count). The molecule has 0 saturated heterocycles. The Labute approximate surface area is 117 Å². The summed E-state index contributed by atoms with van der Waals surface area (Å²) in [4.78, 5) is 0. The molecule has 3 N–H and O–H groups in total. The highest BCUT2D eigenvalue weighted by Crippen LogP contribution is 2.38. The zero-order valence-electron chi connectivity index (χ0n) is 9.93. The average molecular weight is 305 g/mol. The quantitative estimate of drug-likeness (QED) is 0.616. The standard InChI is InChI=1S/C13H9ClF4N2/c14-7-1-4-11(9(5-7)13(16,17)18)20-12-6-8(15)2-3-10(12)19/h1-6,20H,19H2. The van der Waals surface area contributed by atoms with Crippen molar-refractivity contribution >= 4 is 28.7 Å². The molecule has 20 heavy (non-hydrogen) atoms. The van der Waals surface area contributed by atoms with Gasteiger partial charge in [-0.2, -0.15) is 13.2 Å². The molecule has 0 unspecified atom stereocenters. The maximum absolute atomic E-state index is 13.1. The van der Waals surface area contributed by atoms with Crippen LogP contribution in [0, 0.1) is 5.82 Å². The molecule has 2 nitrogen and oxygen atoms in total. The lowest BCUT2D eigenvalue weighted by molar-refractivity contribution is -0.136. The summed E-state index contributed by atoms with van der Waals surface area (Å²) in [5.41, 5.74) is 4.58. The van der Waals surface area contributed by atoms with Crippen molar-refractivity contribution in [2.24, 2.45) is 0 Å². The van der Waals surface area contributed by atoms with E-state index in [-0.39, 0.29) is 22.1 Å². The fourth-order valence-electron chi connectivity index (χ4n) is 1.64. The van der Waals surface area contributed by atoms with Crippen LogP contribution in [0.4, 0.5) is 34.6 Å². The molecule has 106 valence electrons. The number of nitrogens with two attached hydrogens (primary N) is 1. The SMILES string of the molecule is Nc1ccc(F)cc1Nc1ccc(Cl)cc1C(F)(F)F. The van der Waals surface area contributed by atoms with Crippen molar-refractivity contribution in [3.63, 3.8) is 0 Å². The smallest absolute Gasteiger partial charge is 0.397 e. The predicted molar refractivity (Wildman–Crippen MR) is 70.5 cm³/mol. The number of alkyl halides is 3. The van der Waals surface area contributed by atoms with Crippen molar-refractivity contribution < 1.29 is 17.6 Å². The third-order valence-electron chi connectivity index (χ3n) is 2.57. The van der Waals surface area contributed by atoms with Gasteiger partial charge in [-0.1, -0.05) is 11.6 Å². The van der Waals surface area contributed by atoms with Gasteiger partial charge < -0.3 is 11.1 Å². The number of halogens is 5. The van der Waals surface area contributed by atoms with E-state index in [1.54, 1.807) is 0 Å². The van der Waals surface area contributed by atoms with E-state index in [0.29, 0.717) is 0 Å². The first-order valence-corrected chi connectivity index (χ1v) is 5.84. The van der Waals surface area contributed by atoms with Crippen LogP contribution in [-0.2, 0) is 6.18 Å². The second kappa shape index (κ2) is 5.20. The van der Waals surface area contributed by atoms with Gasteiger partial charge in [-0.15, -0.1) is 0 Å². The van der Waals surface area contributed by atoms with Gasteiger partial charge in [-0.3, -0.25) is 0 Å². The molecule has 0 aromatic heterocycles. The van der Waals surface area contributed by atoms with Gasteiger partial charge in [0.05, 0.1) is 22.6 Å². The fourth-order valence-corrected chi connectivity index (χ4v) is 1.81. The number of benzene rings is 2. The second-order valence-corrected chi connectivity index (χ2v) is 4.48. The Hall–Kier alpha value is -1.95. The Morgan fingerprint density at radius 1 is 1.00 bits per heavy atom. The molecule has 0 radical (unpaired) electrons. The maximum atomic E-state index is 13.1. The van der Waals surface area contributed by atoms with Crippen molar-refractivity contribution in [3.05, 3.63) is 52.8 Å². The van der Waals surface area contributed by atoms with Crippen molar-refractivity contribution in [3.8, 4) is 0 Å². The highest BCUT2D eigenvalue weighted by molar-refractivity contribution is 6.30. The normalized spacial score (nSPS) is 11.4. The molecule has 0 amide bonds. The molecule has 7 heteroatoms. The minimum absolute atomic E-state index is 0.0462. The van der Waals surface area contributed by atoms with Crippen molar-refractivity contribution in [1.29, 1.82) is 0 Å². The summed E-state index contributed by atoms with van der Waals surface area (Å²) in [6.07, 6.45) is -4.59. The molecule has 0 atom stereocenters. The first-order chi connectivity index (χ1) is 9.27. The Kier molecular flexibility index (Phi) is 3.76. The van der Waals surface area contributed by atoms with E-state index >= 15 is 0 Å². The molecule has 2 aromatic rings. The lowest BCUT2D eigenvalue weighted by atomic mass is 10.1. The van der Waals surface area contributed by atoms with E-state index in [1.807, 2.05) is 0 Å². The Balaban J connectivity index is 2.46. The molecule has 0 heterocycles. The van der Waals surface area contributed by atoms with Crippen LogP contribution in [0.2, 0.25) is 5.02 Å². The van der Waals surface area contributed by atoms with E-state index < -0.39 is 17.6 Å². The molecular formula is C13H9ClF4N2. The molecule has 0 aliphatic rings. The van der Waals surface area contributed by atoms with Gasteiger partial charge in [-0.25, -0.2) is 4.39 Å². The van der Waals surface area contributed by atoms with Gasteiger partial charge in [0.25, 0.3) is 0 Å². The van der Waals surface area contributed by atoms with Gasteiger partial charge in [0.15, 0.2) is 0 Å². The number of anilines is 3. The number of hydrogen-bond donors (Lipinski definition) is 2. The van der Waals surface area contributed by atoms with E-state index in [4.69, 9.17) is 17.3 Å². The minimum Gasteiger partial charge on any atom is -0.397 e. The summed E-state index contributed by atoms with van der Waals surface area (Å²) >= 11 is 5.57. The second-order valence-electron chi connectivity index (χ2n) is 4.04. The first kappa shape index (κ1) is 14.5. The molecule has 0 saturated carbocycles. The van der Waals surface area contributed by atoms with E-state index in [1.165, 1.54) is 12.1 Å². The molecule has 0 aliphatic carbocycles. The summed E-state index contributed by atoms with van der Waals surface area (Å²) in [6, 6.07) is 6.65. The highest BCUT2D eigenvalue weighted by Gasteiger charge is 2.33. The third kappa shape index (κ3) is 3.14. The van der Waals surface area contributed by atoms with E-state index in [2.05, 4.69) is 5.32 Å². The fraction of sp³-hybridized carbons (Fsp3) is 0.0769. The van der Waals surface area contributed by atoms with Gasteiger partial charge in [0.2, 0.25) is 0 Å². The zero-order chi connectivity index (χ0) is 14.9. The van der Waals surface area contributed by atoms with Gasteiger partial charge >= 0.3 is 6.18 Å². The molecular weight excluding hydrogens is 296 g/mol. The van der Waals surface area contributed by atoms with Crippen LogP contribution in [0.15, 0.2) is 36.4 Å². The van der Waals surface area contributed by atoms with Crippen LogP contribution >= 0.6 is 11.6 Å². The van der Waals surface area contributed by atoms with Gasteiger partial charge in [0.1, 0.15) is 5.82 Å². The maximum Gasteiger partial charge on any atom is 0.418 e. The van der Waals surface area contributed by atoms with Crippen molar-refractivity contribution in [2.45, 2.75) is 6.18 Å². The average Bonchev–Trinajstić information content (AvgIpc) is 2.34. The summed E-state index contributed by atoms with van der Waals surface area (Å²) in [5, 5.41) is 2.43. The van der Waals surface area contributed by atoms with Crippen LogP contribution in [0.3, 0.4) is 0 Å². The van der Waals surface area contributed by atoms with Crippen LogP contribution in [0.5, 0.6) is 0 Å². The van der Waals surface area contributed by atoms with Crippen molar-refractivity contribution in [1.82, 2.24) is 0 Å². The molecule has 2 aromatic carbocycles. The summed E-state index contributed by atoms with van der Waals surface area (Å²) in [5.74, 6) is -0.607. The van der Waals surface area contributed by atoms with E-state index in [0.717, 1.165) is 24.3 Å². The lowest BCUT2D eigenvalue weighted by Crippen LogP contribution is -2.09. The van der Waals surface area contributed by atoms with Crippen LogP contribution in [-0.4, -0.2) is 0 Å². The number of nitrogens with one attached hydrogen (secondary N) is 1. The van der Waals surface area contributed by atoms with Crippen LogP contribution < -0.4 is 11.1 Å². The monoisotopic (exact) mass is 304 g/mol. The summed E-state index contributed by atoms with van der Waals surface area (Å²) in [7, 11) is 0. The predicted octanol–water partition coefficient (Wildman–Crippen LogP) is 4.82. The Morgan fingerprint density at radius 2 is 1.70 bits per heavy atom.